The highest BCUT2D eigenvalue weighted by atomic mass is 16.2. The number of amides is 1. The predicted octanol–water partition coefficient (Wildman–Crippen LogP) is 2.45. The first-order chi connectivity index (χ1) is 10.4. The van der Waals surface area contributed by atoms with Gasteiger partial charge in [0.05, 0.1) is 13.5 Å². The van der Waals surface area contributed by atoms with Crippen LogP contribution in [-0.4, -0.2) is 35.3 Å². The van der Waals surface area contributed by atoms with E-state index in [4.69, 9.17) is 7.85 Å². The first kappa shape index (κ1) is 18.7. The lowest BCUT2D eigenvalue weighted by molar-refractivity contribution is -0.128. The van der Waals surface area contributed by atoms with E-state index in [-0.39, 0.29) is 11.3 Å². The van der Waals surface area contributed by atoms with E-state index in [0.717, 1.165) is 31.6 Å². The van der Waals surface area contributed by atoms with Crippen molar-refractivity contribution in [1.82, 2.24) is 20.3 Å². The van der Waals surface area contributed by atoms with Crippen LogP contribution in [0.4, 0.5) is 0 Å². The minimum atomic E-state index is -0.287. The van der Waals surface area contributed by atoms with Crippen LogP contribution in [0, 0.1) is 5.41 Å². The summed E-state index contributed by atoms with van der Waals surface area (Å²) in [6, 6.07) is 0. The van der Waals surface area contributed by atoms with Crippen LogP contribution < -0.4 is 5.32 Å². The zero-order chi connectivity index (χ0) is 16.4. The fourth-order valence-corrected chi connectivity index (χ4v) is 2.11. The molecule has 122 valence electrons. The summed E-state index contributed by atoms with van der Waals surface area (Å²) in [6.45, 7) is 7.52. The molecule has 0 atom stereocenters. The first-order valence-electron chi connectivity index (χ1n) is 8.31. The molecule has 0 fully saturated rings. The standard InChI is InChI=1S/C16H29BN4O/c1-16(2,3)15(22)18-10-8-6-4-5-7-9-11-21-13-14(12-17)19-20-21/h13H,4-12H2,1-3H3,(H,18,22). The number of aryl methyl sites for hydroxylation is 1. The van der Waals surface area contributed by atoms with Gasteiger partial charge in [0.2, 0.25) is 5.91 Å². The number of nitrogens with one attached hydrogen (secondary N) is 1. The molecule has 22 heavy (non-hydrogen) atoms. The Balaban J connectivity index is 1.92. The summed E-state index contributed by atoms with van der Waals surface area (Å²) >= 11 is 0. The molecule has 0 aromatic carbocycles. The van der Waals surface area contributed by atoms with Gasteiger partial charge in [-0.3, -0.25) is 9.48 Å². The lowest BCUT2D eigenvalue weighted by Crippen LogP contribution is -2.35. The van der Waals surface area contributed by atoms with Crippen LogP contribution in [0.3, 0.4) is 0 Å². The minimum Gasteiger partial charge on any atom is -0.356 e. The van der Waals surface area contributed by atoms with Gasteiger partial charge in [-0.2, -0.15) is 0 Å². The largest absolute Gasteiger partial charge is 0.356 e. The number of rotatable bonds is 10. The van der Waals surface area contributed by atoms with Crippen molar-refractivity contribution in [2.75, 3.05) is 6.54 Å². The Morgan fingerprint density at radius 3 is 2.41 bits per heavy atom. The fourth-order valence-electron chi connectivity index (χ4n) is 2.11. The minimum absolute atomic E-state index is 0.136. The molecule has 6 heteroatoms. The van der Waals surface area contributed by atoms with E-state index in [2.05, 4.69) is 15.6 Å². The quantitative estimate of drug-likeness (QED) is 0.533. The third-order valence-electron chi connectivity index (χ3n) is 3.58. The lowest BCUT2D eigenvalue weighted by atomic mass is 9.96. The van der Waals surface area contributed by atoms with Gasteiger partial charge in [-0.05, 0) is 19.2 Å². The molecule has 1 aromatic rings. The molecule has 1 N–H and O–H groups in total. The number of carbonyl (C=O) groups excluding carboxylic acids is 1. The highest BCUT2D eigenvalue weighted by molar-refractivity contribution is 6.08. The van der Waals surface area contributed by atoms with Gasteiger partial charge >= 0.3 is 0 Å². The SMILES string of the molecule is [B]Cc1cn(CCCCCCCCNC(=O)C(C)(C)C)nn1. The van der Waals surface area contributed by atoms with E-state index < -0.39 is 0 Å². The van der Waals surface area contributed by atoms with Crippen molar-refractivity contribution >= 4 is 13.8 Å². The van der Waals surface area contributed by atoms with Crippen molar-refractivity contribution in [2.45, 2.75) is 72.2 Å². The van der Waals surface area contributed by atoms with E-state index in [1.165, 1.54) is 25.7 Å². The van der Waals surface area contributed by atoms with Crippen molar-refractivity contribution in [2.24, 2.45) is 5.41 Å². The van der Waals surface area contributed by atoms with E-state index in [1.54, 1.807) is 0 Å². The van der Waals surface area contributed by atoms with Crippen LogP contribution in [0.1, 0.15) is 65.0 Å². The molecule has 0 aliphatic carbocycles. The molecule has 0 saturated heterocycles. The second kappa shape index (κ2) is 9.64. The van der Waals surface area contributed by atoms with E-state index in [0.29, 0.717) is 6.32 Å². The van der Waals surface area contributed by atoms with Crippen LogP contribution >= 0.6 is 0 Å². The third-order valence-corrected chi connectivity index (χ3v) is 3.58. The molecule has 5 nitrogen and oxygen atoms in total. The van der Waals surface area contributed by atoms with Gasteiger partial charge in [-0.25, -0.2) is 0 Å². The zero-order valence-electron chi connectivity index (χ0n) is 14.3. The highest BCUT2D eigenvalue weighted by Gasteiger charge is 2.19. The number of hydrogen-bond donors (Lipinski definition) is 1. The average Bonchev–Trinajstić information content (AvgIpc) is 2.92. The van der Waals surface area contributed by atoms with Gasteiger partial charge in [0.25, 0.3) is 0 Å². The smallest absolute Gasteiger partial charge is 0.225 e. The number of nitrogens with zero attached hydrogens (tertiary/aromatic N) is 3. The van der Waals surface area contributed by atoms with Crippen molar-refractivity contribution in [1.29, 1.82) is 0 Å². The monoisotopic (exact) mass is 304 g/mol. The fraction of sp³-hybridized carbons (Fsp3) is 0.812. The Morgan fingerprint density at radius 1 is 1.18 bits per heavy atom. The van der Waals surface area contributed by atoms with Crippen LogP contribution in [0.2, 0.25) is 0 Å². The molecule has 1 aromatic heterocycles. The zero-order valence-corrected chi connectivity index (χ0v) is 14.3. The van der Waals surface area contributed by atoms with Gasteiger partial charge < -0.3 is 5.32 Å². The van der Waals surface area contributed by atoms with Crippen molar-refractivity contribution in [3.8, 4) is 0 Å². The highest BCUT2D eigenvalue weighted by Crippen LogP contribution is 2.12. The molecular formula is C16H29BN4O. The number of unbranched alkanes of at least 4 members (excludes halogenated alkanes) is 5. The molecular weight excluding hydrogens is 275 g/mol. The van der Waals surface area contributed by atoms with Crippen LogP contribution in [-0.2, 0) is 17.7 Å². The van der Waals surface area contributed by atoms with Gasteiger partial charge in [0.1, 0.15) is 0 Å². The molecule has 1 rings (SSSR count). The molecule has 0 aliphatic heterocycles. The average molecular weight is 304 g/mol. The molecule has 0 bridgehead atoms. The molecule has 2 radical (unpaired) electrons. The second-order valence-electron chi connectivity index (χ2n) is 6.80. The number of aromatic nitrogens is 3. The van der Waals surface area contributed by atoms with Crippen molar-refractivity contribution < 1.29 is 4.79 Å². The second-order valence-corrected chi connectivity index (χ2v) is 6.80. The summed E-state index contributed by atoms with van der Waals surface area (Å²) in [4.78, 5) is 11.7. The molecule has 1 amide bonds. The van der Waals surface area contributed by atoms with E-state index in [1.807, 2.05) is 31.6 Å². The van der Waals surface area contributed by atoms with Crippen LogP contribution in [0.5, 0.6) is 0 Å². The topological polar surface area (TPSA) is 59.8 Å². The Hall–Kier alpha value is -1.33. The van der Waals surface area contributed by atoms with Gasteiger partial charge in [-0.15, -0.1) is 5.10 Å². The summed E-state index contributed by atoms with van der Waals surface area (Å²) in [5.74, 6) is 0.136. The maximum absolute atomic E-state index is 11.7. The van der Waals surface area contributed by atoms with Gasteiger partial charge in [-0.1, -0.05) is 51.7 Å². The van der Waals surface area contributed by atoms with E-state index >= 15 is 0 Å². The first-order valence-corrected chi connectivity index (χ1v) is 8.31. The summed E-state index contributed by atoms with van der Waals surface area (Å²) in [7, 11) is 5.50. The lowest BCUT2D eigenvalue weighted by Gasteiger charge is -2.17. The van der Waals surface area contributed by atoms with Gasteiger partial charge in [0, 0.05) is 24.7 Å². The Morgan fingerprint density at radius 2 is 1.82 bits per heavy atom. The molecule has 0 unspecified atom stereocenters. The maximum Gasteiger partial charge on any atom is 0.225 e. The third kappa shape index (κ3) is 7.62. The molecule has 1 heterocycles. The summed E-state index contributed by atoms with van der Waals surface area (Å²) in [6.07, 6.45) is 9.36. The van der Waals surface area contributed by atoms with Crippen molar-refractivity contribution in [3.05, 3.63) is 11.9 Å². The summed E-state index contributed by atoms with van der Waals surface area (Å²) in [5, 5.41) is 11.0. The van der Waals surface area contributed by atoms with Crippen LogP contribution in [0.15, 0.2) is 6.20 Å². The van der Waals surface area contributed by atoms with Gasteiger partial charge in [0.15, 0.2) is 0 Å². The molecule has 0 aliphatic rings. The maximum atomic E-state index is 11.7. The van der Waals surface area contributed by atoms with E-state index in [9.17, 15) is 4.79 Å². The Kier molecular flexibility index (Phi) is 8.21. The number of carbonyl (C=O) groups is 1. The Bertz CT molecular complexity index is 440. The number of hydrogen-bond acceptors (Lipinski definition) is 3. The van der Waals surface area contributed by atoms with Crippen molar-refractivity contribution in [3.63, 3.8) is 0 Å². The predicted molar refractivity (Wildman–Crippen MR) is 89.6 cm³/mol. The normalized spacial score (nSPS) is 11.6. The molecule has 0 saturated carbocycles. The molecule has 0 spiro atoms. The summed E-state index contributed by atoms with van der Waals surface area (Å²) in [5.41, 5.74) is 0.558. The van der Waals surface area contributed by atoms with Crippen LogP contribution in [0.25, 0.3) is 0 Å². The summed E-state index contributed by atoms with van der Waals surface area (Å²) < 4.78 is 1.87. The Labute approximate surface area is 135 Å².